The van der Waals surface area contributed by atoms with Crippen molar-refractivity contribution in [3.63, 3.8) is 0 Å². The summed E-state index contributed by atoms with van der Waals surface area (Å²) in [7, 11) is 3.81. The minimum absolute atomic E-state index is 0.0346. The third-order valence-electron chi connectivity index (χ3n) is 6.00. The number of aromatic nitrogens is 2. The fourth-order valence-electron chi connectivity index (χ4n) is 4.26. The molecule has 2 N–H and O–H groups in total. The maximum Gasteiger partial charge on any atom is 0.303 e. The van der Waals surface area contributed by atoms with Crippen LogP contribution in [0.25, 0.3) is 0 Å². The lowest BCUT2D eigenvalue weighted by Crippen LogP contribution is -2.39. The number of hydrogen-bond acceptors (Lipinski definition) is 7. The molecule has 8 heteroatoms. The predicted octanol–water partition coefficient (Wildman–Crippen LogP) is 4.26. The number of nitrogens with zero attached hydrogens (tertiary/aromatic N) is 4. The molecule has 174 valence electrons. The second-order valence-corrected chi connectivity index (χ2v) is 8.40. The molecule has 0 aliphatic carbocycles. The first-order valence-corrected chi connectivity index (χ1v) is 11.4. The molecule has 1 saturated heterocycles. The van der Waals surface area contributed by atoms with Crippen LogP contribution in [0.1, 0.15) is 51.0 Å². The topological polar surface area (TPSA) is 90.8 Å². The second kappa shape index (κ2) is 11.1. The average molecular weight is 442 g/mol. The first-order chi connectivity index (χ1) is 15.4. The fraction of sp³-hybridized carbons (Fsp3) is 0.542. The molecular weight excluding hydrogens is 406 g/mol. The molecule has 2 heterocycles. The van der Waals surface area contributed by atoms with Crippen LogP contribution < -0.4 is 15.1 Å². The van der Waals surface area contributed by atoms with Crippen molar-refractivity contribution in [1.82, 2.24) is 9.97 Å². The van der Waals surface area contributed by atoms with E-state index in [1.54, 1.807) is 12.4 Å². The van der Waals surface area contributed by atoms with Crippen molar-refractivity contribution in [2.75, 3.05) is 49.0 Å². The molecule has 32 heavy (non-hydrogen) atoms. The van der Waals surface area contributed by atoms with E-state index in [1.165, 1.54) is 0 Å². The highest BCUT2D eigenvalue weighted by atomic mass is 16.5. The van der Waals surface area contributed by atoms with Gasteiger partial charge in [-0.1, -0.05) is 13.0 Å². The quantitative estimate of drug-likeness (QED) is 0.565. The van der Waals surface area contributed by atoms with E-state index in [1.807, 2.05) is 25.9 Å². The number of hydrogen-bond donors (Lipinski definition) is 2. The number of nitrogens with one attached hydrogen (secondary N) is 1. The molecule has 1 aromatic heterocycles. The summed E-state index contributed by atoms with van der Waals surface area (Å²) in [5.74, 6) is -0.164. The van der Waals surface area contributed by atoms with Gasteiger partial charge in [-0.15, -0.1) is 0 Å². The third kappa shape index (κ3) is 5.88. The number of ether oxygens (including phenoxy) is 1. The highest BCUT2D eigenvalue weighted by molar-refractivity contribution is 5.77. The zero-order valence-corrected chi connectivity index (χ0v) is 19.5. The Morgan fingerprint density at radius 3 is 2.47 bits per heavy atom. The van der Waals surface area contributed by atoms with Crippen molar-refractivity contribution < 1.29 is 14.6 Å². The standard InChI is InChI=1S/C24H35N5O3/c1-5-17(14-23(30)31)18-7-8-22(29(6-2)20-9-11-32-12-10-20)21(13-18)27-19-15-25-24(26-16-19)28(3)4/h7-8,13,15-17,20,27H,5-6,9-12,14H2,1-4H3,(H,30,31)/t17-/m0/s1. The molecule has 2 aromatic rings. The average Bonchev–Trinajstić information content (AvgIpc) is 2.80. The Hall–Kier alpha value is -2.87. The highest BCUT2D eigenvalue weighted by Crippen LogP contribution is 2.36. The van der Waals surface area contributed by atoms with Gasteiger partial charge < -0.3 is 25.0 Å². The first-order valence-electron chi connectivity index (χ1n) is 11.4. The Morgan fingerprint density at radius 2 is 1.91 bits per heavy atom. The lowest BCUT2D eigenvalue weighted by atomic mass is 9.92. The summed E-state index contributed by atoms with van der Waals surface area (Å²) < 4.78 is 5.57. The number of benzene rings is 1. The summed E-state index contributed by atoms with van der Waals surface area (Å²) in [6.45, 7) is 6.63. The Morgan fingerprint density at radius 1 is 1.22 bits per heavy atom. The SMILES string of the molecule is CC[C@@H](CC(=O)O)c1ccc(N(CC)C2CCOCC2)c(Nc2cnc(N(C)C)nc2)c1. The van der Waals surface area contributed by atoms with Crippen molar-refractivity contribution in [2.24, 2.45) is 0 Å². The largest absolute Gasteiger partial charge is 0.481 e. The van der Waals surface area contributed by atoms with Crippen LogP contribution in [-0.4, -0.2) is 60.9 Å². The maximum atomic E-state index is 11.4. The van der Waals surface area contributed by atoms with Crippen LogP contribution in [-0.2, 0) is 9.53 Å². The summed E-state index contributed by atoms with van der Waals surface area (Å²) in [6, 6.07) is 6.70. The second-order valence-electron chi connectivity index (χ2n) is 8.40. The summed E-state index contributed by atoms with van der Waals surface area (Å²) in [5, 5.41) is 12.8. The molecule has 8 nitrogen and oxygen atoms in total. The summed E-state index contributed by atoms with van der Waals surface area (Å²) in [6.07, 6.45) is 6.42. The molecule has 3 rings (SSSR count). The summed E-state index contributed by atoms with van der Waals surface area (Å²) in [4.78, 5) is 24.5. The van der Waals surface area contributed by atoms with E-state index in [9.17, 15) is 9.90 Å². The molecule has 0 unspecified atom stereocenters. The highest BCUT2D eigenvalue weighted by Gasteiger charge is 2.24. The maximum absolute atomic E-state index is 11.4. The van der Waals surface area contributed by atoms with Crippen LogP contribution in [0.2, 0.25) is 0 Å². The fourth-order valence-corrected chi connectivity index (χ4v) is 4.26. The van der Waals surface area contributed by atoms with E-state index in [2.05, 4.69) is 45.3 Å². The molecular formula is C24H35N5O3. The Labute approximate surface area is 190 Å². The van der Waals surface area contributed by atoms with E-state index in [0.29, 0.717) is 12.0 Å². The van der Waals surface area contributed by atoms with E-state index >= 15 is 0 Å². The van der Waals surface area contributed by atoms with Gasteiger partial charge >= 0.3 is 5.97 Å². The van der Waals surface area contributed by atoms with Crippen molar-refractivity contribution in [1.29, 1.82) is 0 Å². The van der Waals surface area contributed by atoms with Crippen molar-refractivity contribution in [3.05, 3.63) is 36.2 Å². The van der Waals surface area contributed by atoms with E-state index in [-0.39, 0.29) is 12.3 Å². The molecule has 0 bridgehead atoms. The van der Waals surface area contributed by atoms with Crippen molar-refractivity contribution in [2.45, 2.75) is 51.5 Å². The molecule has 0 spiro atoms. The number of rotatable bonds is 10. The van der Waals surface area contributed by atoms with Gasteiger partial charge in [-0.05, 0) is 49.8 Å². The lowest BCUT2D eigenvalue weighted by Gasteiger charge is -2.37. The summed E-state index contributed by atoms with van der Waals surface area (Å²) in [5.41, 5.74) is 3.87. The number of carboxylic acids is 1. The van der Waals surface area contributed by atoms with Gasteiger partial charge in [0.2, 0.25) is 5.95 Å². The third-order valence-corrected chi connectivity index (χ3v) is 6.00. The predicted molar refractivity (Wildman–Crippen MR) is 128 cm³/mol. The molecule has 1 aliphatic rings. The van der Waals surface area contributed by atoms with E-state index < -0.39 is 5.97 Å². The van der Waals surface area contributed by atoms with Crippen LogP contribution in [0.4, 0.5) is 23.0 Å². The lowest BCUT2D eigenvalue weighted by molar-refractivity contribution is -0.137. The molecule has 0 amide bonds. The van der Waals surface area contributed by atoms with Gasteiger partial charge in [0.15, 0.2) is 0 Å². The molecule has 1 atom stereocenters. The zero-order valence-electron chi connectivity index (χ0n) is 19.5. The van der Waals surface area contributed by atoms with Gasteiger partial charge in [-0.25, -0.2) is 9.97 Å². The van der Waals surface area contributed by atoms with Gasteiger partial charge in [0.1, 0.15) is 0 Å². The molecule has 1 fully saturated rings. The number of anilines is 4. The molecule has 1 aliphatic heterocycles. The Kier molecular flexibility index (Phi) is 8.27. The van der Waals surface area contributed by atoms with Crippen LogP contribution in [0.5, 0.6) is 0 Å². The zero-order chi connectivity index (χ0) is 23.1. The minimum atomic E-state index is -0.777. The normalized spacial score (nSPS) is 15.2. The smallest absolute Gasteiger partial charge is 0.303 e. The van der Waals surface area contributed by atoms with Gasteiger partial charge in [-0.2, -0.15) is 0 Å². The van der Waals surface area contributed by atoms with Gasteiger partial charge in [-0.3, -0.25) is 4.79 Å². The molecule has 0 radical (unpaired) electrons. The van der Waals surface area contributed by atoms with Gasteiger partial charge in [0.25, 0.3) is 0 Å². The van der Waals surface area contributed by atoms with Gasteiger partial charge in [0, 0.05) is 39.9 Å². The summed E-state index contributed by atoms with van der Waals surface area (Å²) >= 11 is 0. The monoisotopic (exact) mass is 441 g/mol. The minimum Gasteiger partial charge on any atom is -0.481 e. The van der Waals surface area contributed by atoms with Gasteiger partial charge in [0.05, 0.1) is 35.9 Å². The first kappa shape index (κ1) is 23.8. The van der Waals surface area contributed by atoms with Crippen LogP contribution in [0.3, 0.4) is 0 Å². The van der Waals surface area contributed by atoms with Crippen LogP contribution in [0.15, 0.2) is 30.6 Å². The van der Waals surface area contributed by atoms with Crippen LogP contribution in [0, 0.1) is 0 Å². The number of aliphatic carboxylic acids is 1. The van der Waals surface area contributed by atoms with Crippen molar-refractivity contribution in [3.8, 4) is 0 Å². The van der Waals surface area contributed by atoms with Crippen molar-refractivity contribution >= 4 is 29.0 Å². The molecule has 0 saturated carbocycles. The van der Waals surface area contributed by atoms with Crippen LogP contribution >= 0.6 is 0 Å². The molecule has 1 aromatic carbocycles. The number of carbonyl (C=O) groups is 1. The van der Waals surface area contributed by atoms with E-state index in [4.69, 9.17) is 4.74 Å². The Balaban J connectivity index is 1.97. The van der Waals surface area contributed by atoms with E-state index in [0.717, 1.165) is 61.6 Å². The Bertz CT molecular complexity index is 882. The number of carboxylic acid groups (broad SMARTS) is 1.